The first-order chi connectivity index (χ1) is 27.8. The molecule has 2 aliphatic carbocycles. The molecule has 1 aliphatic heterocycles. The molecule has 1 amide bonds. The molecule has 11 nitrogen and oxygen atoms in total. The second-order valence-corrected chi connectivity index (χ2v) is 17.1. The van der Waals surface area contributed by atoms with Gasteiger partial charge in [-0.3, -0.25) is 18.9 Å². The van der Waals surface area contributed by atoms with Crippen molar-refractivity contribution in [2.24, 2.45) is 13.0 Å². The molecule has 2 aromatic carbocycles. The number of hydrogen-bond acceptors (Lipinski definition) is 7. The van der Waals surface area contributed by atoms with Crippen molar-refractivity contribution in [3.63, 3.8) is 0 Å². The lowest BCUT2D eigenvalue weighted by Gasteiger charge is -2.34. The van der Waals surface area contributed by atoms with E-state index in [1.165, 1.54) is 17.8 Å². The molecule has 0 bridgehead atoms. The van der Waals surface area contributed by atoms with Crippen LogP contribution in [-0.2, 0) is 46.9 Å². The zero-order valence-corrected chi connectivity index (χ0v) is 32.8. The highest BCUT2D eigenvalue weighted by Crippen LogP contribution is 2.64. The van der Waals surface area contributed by atoms with Crippen molar-refractivity contribution < 1.29 is 43.9 Å². The summed E-state index contributed by atoms with van der Waals surface area (Å²) >= 11 is 6.60. The third-order valence-electron chi connectivity index (χ3n) is 10.9. The fourth-order valence-corrected chi connectivity index (χ4v) is 9.10. The molecule has 0 spiro atoms. The van der Waals surface area contributed by atoms with Gasteiger partial charge in [-0.1, -0.05) is 23.6 Å². The molecule has 2 fully saturated rings. The van der Waals surface area contributed by atoms with Gasteiger partial charge in [0.15, 0.2) is 11.5 Å². The molecular formula is C39H34ClF7N8O3S. The number of hydrogen-bond donors (Lipinski definition) is 3. The largest absolute Gasteiger partial charge is 0.435 e. The summed E-state index contributed by atoms with van der Waals surface area (Å²) in [5.74, 6) is -2.99. The molecular weight excluding hydrogens is 829 g/mol. The number of carbonyl (C=O) groups excluding carboxylic acids is 1. The first-order valence-electron chi connectivity index (χ1n) is 18.5. The van der Waals surface area contributed by atoms with Gasteiger partial charge in [0.1, 0.15) is 29.6 Å². The van der Waals surface area contributed by atoms with Crippen LogP contribution in [0.25, 0.3) is 22.0 Å². The lowest BCUT2D eigenvalue weighted by Crippen LogP contribution is -2.36. The van der Waals surface area contributed by atoms with E-state index >= 15 is 8.78 Å². The number of nitrogens with zero attached hydrogens (tertiary/aromatic N) is 5. The molecule has 8 rings (SSSR count). The van der Waals surface area contributed by atoms with Gasteiger partial charge in [-0.2, -0.15) is 32.1 Å². The summed E-state index contributed by atoms with van der Waals surface area (Å²) in [7, 11) is -2.30. The summed E-state index contributed by atoms with van der Waals surface area (Å²) < 4.78 is 132. The summed E-state index contributed by atoms with van der Waals surface area (Å²) in [6.45, 7) is -0.295. The van der Waals surface area contributed by atoms with Crippen LogP contribution in [-0.4, -0.2) is 57.7 Å². The zero-order chi connectivity index (χ0) is 42.2. The first kappa shape index (κ1) is 40.6. The van der Waals surface area contributed by atoms with Gasteiger partial charge in [-0.15, -0.1) is 0 Å². The van der Waals surface area contributed by atoms with E-state index in [1.807, 2.05) is 0 Å². The van der Waals surface area contributed by atoms with Gasteiger partial charge in [0.05, 0.1) is 40.0 Å². The van der Waals surface area contributed by atoms with Crippen LogP contribution >= 0.6 is 11.6 Å². The normalized spacial score (nSPS) is 20.1. The Bertz CT molecular complexity index is 2680. The number of aryl methyl sites for hydroxylation is 1. The number of fused-ring (bicyclic) bond motifs is 4. The second-order valence-electron chi connectivity index (χ2n) is 15.0. The molecule has 59 heavy (non-hydrogen) atoms. The summed E-state index contributed by atoms with van der Waals surface area (Å²) in [6.07, 6.45) is -2.68. The van der Waals surface area contributed by atoms with Crippen LogP contribution in [0.5, 0.6) is 0 Å². The van der Waals surface area contributed by atoms with Crippen molar-refractivity contribution in [2.45, 2.75) is 68.7 Å². The van der Waals surface area contributed by atoms with E-state index in [4.69, 9.17) is 16.6 Å². The number of alkyl halides is 5. The minimum Gasteiger partial charge on any atom is -0.346 e. The molecule has 4 heterocycles. The van der Waals surface area contributed by atoms with Crippen molar-refractivity contribution in [3.05, 3.63) is 93.0 Å². The van der Waals surface area contributed by atoms with Crippen molar-refractivity contribution in [3.8, 4) is 23.0 Å². The third-order valence-corrected chi connectivity index (χ3v) is 11.8. The number of anilines is 1. The van der Waals surface area contributed by atoms with Gasteiger partial charge >= 0.3 is 6.18 Å². The number of nitrogens with one attached hydrogen (secondary N) is 3. The smallest absolute Gasteiger partial charge is 0.346 e. The quantitative estimate of drug-likeness (QED) is 0.108. The van der Waals surface area contributed by atoms with Gasteiger partial charge in [0, 0.05) is 35.7 Å². The van der Waals surface area contributed by atoms with E-state index in [0.717, 1.165) is 37.8 Å². The molecule has 3 aliphatic rings. The highest BCUT2D eigenvalue weighted by Gasteiger charge is 2.63. The van der Waals surface area contributed by atoms with Crippen molar-refractivity contribution in [1.29, 1.82) is 0 Å². The maximum Gasteiger partial charge on any atom is 0.435 e. The van der Waals surface area contributed by atoms with Crippen LogP contribution in [0.3, 0.4) is 0 Å². The van der Waals surface area contributed by atoms with Crippen LogP contribution in [0.1, 0.15) is 71.5 Å². The summed E-state index contributed by atoms with van der Waals surface area (Å²) in [4.78, 5) is 18.9. The SMILES string of the molecule is Cn1nc(NS(C)(=O)=O)c2c(Cl)ccc(-c3ccc(C#CC4CCCN4)nc3C(Cc3cc(F)cc(F)c3)NC(=O)Cn3nc(C(F)(F)F)c4c3C(F)(F)[C@@H]3CC[C@H]43)c21. The minimum atomic E-state index is -5.07. The predicted octanol–water partition coefficient (Wildman–Crippen LogP) is 6.96. The van der Waals surface area contributed by atoms with Crippen LogP contribution < -0.4 is 15.4 Å². The number of pyridine rings is 1. The van der Waals surface area contributed by atoms with Crippen LogP contribution in [0, 0.1) is 29.4 Å². The van der Waals surface area contributed by atoms with Crippen LogP contribution in [0.4, 0.5) is 36.6 Å². The topological polar surface area (TPSA) is 136 Å². The molecule has 5 aromatic rings. The van der Waals surface area contributed by atoms with E-state index in [-0.39, 0.29) is 64.0 Å². The molecule has 2 unspecified atom stereocenters. The van der Waals surface area contributed by atoms with E-state index in [2.05, 4.69) is 37.4 Å². The molecule has 3 aromatic heterocycles. The lowest BCUT2D eigenvalue weighted by molar-refractivity contribution is -0.144. The standard InChI is InChI=1S/C39H34ClF7N8O3S/c1-54-34-25(10-12-28(40)32(34)37(52-54)53-59(2,57)58)24-8-7-23(6-5-22-4-3-13-48-22)49-33(24)29(16-19-14-20(41)17-21(42)15-19)50-30(56)18-55-36-31(35(51-55)39(45,46)47)26-9-11-27(26)38(36,43)44/h7-8,10,12,14-15,17,22,26-27,29,48H,3-4,9,11,13,16,18H2,1-2H3,(H,50,56)(H,52,53)/t22?,26-,27+,29?/m0/s1. The van der Waals surface area contributed by atoms with E-state index in [0.29, 0.717) is 21.8 Å². The summed E-state index contributed by atoms with van der Waals surface area (Å²) in [5.41, 5.74) is -1.78. The second kappa shape index (κ2) is 14.8. The van der Waals surface area contributed by atoms with Gasteiger partial charge in [0.25, 0.3) is 5.92 Å². The van der Waals surface area contributed by atoms with Crippen LogP contribution in [0.2, 0.25) is 5.02 Å². The number of benzene rings is 2. The Morgan fingerprint density at radius 2 is 1.80 bits per heavy atom. The molecule has 3 N–H and O–H groups in total. The molecule has 4 atom stereocenters. The van der Waals surface area contributed by atoms with Crippen LogP contribution in [0.15, 0.2) is 42.5 Å². The van der Waals surface area contributed by atoms with E-state index < -0.39 is 81.0 Å². The van der Waals surface area contributed by atoms with Gasteiger partial charge < -0.3 is 10.6 Å². The minimum absolute atomic E-state index is 0.00698. The number of aromatic nitrogens is 5. The Balaban J connectivity index is 1.27. The fraction of sp³-hybridized carbons (Fsp3) is 0.385. The van der Waals surface area contributed by atoms with Crippen molar-refractivity contribution >= 4 is 44.3 Å². The number of sulfonamides is 1. The third kappa shape index (κ3) is 7.73. The molecule has 1 saturated heterocycles. The van der Waals surface area contributed by atoms with Crippen molar-refractivity contribution in [1.82, 2.24) is 35.2 Å². The molecule has 0 radical (unpaired) electrons. The zero-order valence-electron chi connectivity index (χ0n) is 31.2. The molecule has 310 valence electrons. The maximum absolute atomic E-state index is 15.7. The molecule has 20 heteroatoms. The Hall–Kier alpha value is -5.19. The highest BCUT2D eigenvalue weighted by atomic mass is 35.5. The average Bonchev–Trinajstić information content (AvgIpc) is 3.86. The predicted molar refractivity (Wildman–Crippen MR) is 203 cm³/mol. The van der Waals surface area contributed by atoms with Gasteiger partial charge in [-0.05, 0) is 86.4 Å². The van der Waals surface area contributed by atoms with E-state index in [9.17, 15) is 35.2 Å². The first-order valence-corrected chi connectivity index (χ1v) is 20.7. The number of rotatable bonds is 9. The monoisotopic (exact) mass is 862 g/mol. The van der Waals surface area contributed by atoms with Crippen molar-refractivity contribution in [2.75, 3.05) is 17.5 Å². The number of amides is 1. The fourth-order valence-electron chi connectivity index (χ4n) is 8.36. The number of carbonyl (C=O) groups is 1. The summed E-state index contributed by atoms with van der Waals surface area (Å²) in [6, 6.07) is 7.50. The Labute approximate surface area is 337 Å². The lowest BCUT2D eigenvalue weighted by atomic mass is 9.73. The Kier molecular flexibility index (Phi) is 10.2. The highest BCUT2D eigenvalue weighted by molar-refractivity contribution is 7.92. The molecule has 1 saturated carbocycles. The van der Waals surface area contributed by atoms with Gasteiger partial charge in [-0.25, -0.2) is 22.2 Å². The Morgan fingerprint density at radius 3 is 2.44 bits per heavy atom. The van der Waals surface area contributed by atoms with Gasteiger partial charge in [0.2, 0.25) is 15.9 Å². The van der Waals surface area contributed by atoms with E-state index in [1.54, 1.807) is 18.2 Å². The maximum atomic E-state index is 15.7. The average molecular weight is 863 g/mol. The number of halogens is 8. The summed E-state index contributed by atoms with van der Waals surface area (Å²) in [5, 5.41) is 14.1. The Morgan fingerprint density at radius 1 is 1.07 bits per heavy atom.